The Morgan fingerprint density at radius 2 is 2.17 bits per heavy atom. The molecule has 0 fully saturated rings. The van der Waals surface area contributed by atoms with E-state index >= 15 is 0 Å². The van der Waals surface area contributed by atoms with Crippen molar-refractivity contribution in [3.8, 4) is 5.75 Å². The van der Waals surface area contributed by atoms with Crippen LogP contribution in [0, 0.1) is 5.92 Å². The van der Waals surface area contributed by atoms with Crippen molar-refractivity contribution in [1.82, 2.24) is 4.90 Å². The van der Waals surface area contributed by atoms with Crippen molar-refractivity contribution >= 4 is 15.9 Å². The van der Waals surface area contributed by atoms with E-state index in [9.17, 15) is 0 Å². The lowest BCUT2D eigenvalue weighted by atomic mass is 9.67. The molecular formula is C25H32BrNO2. The Morgan fingerprint density at radius 3 is 2.90 bits per heavy atom. The molecule has 29 heavy (non-hydrogen) atoms. The smallest absolute Gasteiger partial charge is 0.127 e. The van der Waals surface area contributed by atoms with E-state index in [0.29, 0.717) is 5.92 Å². The van der Waals surface area contributed by atoms with Gasteiger partial charge in [0.1, 0.15) is 11.9 Å². The summed E-state index contributed by atoms with van der Waals surface area (Å²) in [5, 5.41) is 0. The van der Waals surface area contributed by atoms with Gasteiger partial charge < -0.3 is 14.4 Å². The predicted molar refractivity (Wildman–Crippen MR) is 122 cm³/mol. The van der Waals surface area contributed by atoms with Crippen LogP contribution >= 0.6 is 15.9 Å². The predicted octanol–water partition coefficient (Wildman–Crippen LogP) is 6.27. The van der Waals surface area contributed by atoms with Crippen molar-refractivity contribution in [2.75, 3.05) is 13.7 Å². The van der Waals surface area contributed by atoms with Crippen LogP contribution in [0.4, 0.5) is 0 Å². The van der Waals surface area contributed by atoms with Gasteiger partial charge in [0.2, 0.25) is 0 Å². The first-order chi connectivity index (χ1) is 13.9. The number of hydrogen-bond donors (Lipinski definition) is 0. The number of halogens is 1. The summed E-state index contributed by atoms with van der Waals surface area (Å²) < 4.78 is 13.1. The Bertz CT molecular complexity index is 874. The summed E-state index contributed by atoms with van der Waals surface area (Å²) in [4.78, 5) is 2.45. The second-order valence-electron chi connectivity index (χ2n) is 8.75. The van der Waals surface area contributed by atoms with E-state index in [2.05, 4.69) is 66.1 Å². The molecule has 0 N–H and O–H groups in total. The van der Waals surface area contributed by atoms with Crippen LogP contribution in [0.1, 0.15) is 56.2 Å². The fraction of sp³-hybridized carbons (Fsp3) is 0.520. The SMILES string of the molecule is C=C(CCC(=C)N1CCC23C=CC(C)CC2Oc2c(CC)cc(Br)c(c23)C1)OC. The number of hydrogen-bond acceptors (Lipinski definition) is 3. The lowest BCUT2D eigenvalue weighted by molar-refractivity contribution is 0.129. The number of methoxy groups -OCH3 is 1. The standard InChI is InChI=1S/C25H32BrNO2/c1-6-19-14-21(26)20-15-27(17(3)7-8-18(4)28-5)12-11-25-10-9-16(2)13-22(25)29-24(19)23(20)25/h9-10,14,16,22H,3-4,6-8,11-13,15H2,1-2,5H3. The highest BCUT2D eigenvalue weighted by Gasteiger charge is 2.52. The Morgan fingerprint density at radius 1 is 1.38 bits per heavy atom. The second kappa shape index (κ2) is 7.86. The maximum Gasteiger partial charge on any atom is 0.127 e. The zero-order valence-electron chi connectivity index (χ0n) is 17.9. The Balaban J connectivity index is 1.74. The second-order valence-corrected chi connectivity index (χ2v) is 9.61. The van der Waals surface area contributed by atoms with E-state index < -0.39 is 0 Å². The first-order valence-corrected chi connectivity index (χ1v) is 11.5. The van der Waals surface area contributed by atoms with Gasteiger partial charge in [0.15, 0.2) is 0 Å². The lowest BCUT2D eigenvalue weighted by Crippen LogP contribution is -2.41. The van der Waals surface area contributed by atoms with Crippen molar-refractivity contribution in [2.45, 2.75) is 64.0 Å². The van der Waals surface area contributed by atoms with E-state index in [1.165, 1.54) is 21.2 Å². The molecule has 3 atom stereocenters. The van der Waals surface area contributed by atoms with Crippen LogP contribution in [0.3, 0.4) is 0 Å². The highest BCUT2D eigenvalue weighted by molar-refractivity contribution is 9.10. The average Bonchev–Trinajstić information content (AvgIpc) is 2.93. The first-order valence-electron chi connectivity index (χ1n) is 10.7. The summed E-state index contributed by atoms with van der Waals surface area (Å²) in [5.74, 6) is 2.52. The summed E-state index contributed by atoms with van der Waals surface area (Å²) >= 11 is 3.90. The summed E-state index contributed by atoms with van der Waals surface area (Å²) in [6, 6.07) is 2.27. The van der Waals surface area contributed by atoms with Gasteiger partial charge >= 0.3 is 0 Å². The van der Waals surface area contributed by atoms with Gasteiger partial charge in [-0.2, -0.15) is 0 Å². The highest BCUT2D eigenvalue weighted by atomic mass is 79.9. The van der Waals surface area contributed by atoms with Crippen LogP contribution in [0.5, 0.6) is 5.75 Å². The summed E-state index contributed by atoms with van der Waals surface area (Å²) in [5.41, 5.74) is 5.24. The van der Waals surface area contributed by atoms with Crippen molar-refractivity contribution < 1.29 is 9.47 Å². The molecule has 3 aliphatic rings. The average molecular weight is 458 g/mol. The molecule has 3 nitrogen and oxygen atoms in total. The minimum absolute atomic E-state index is 0.0178. The number of allylic oxidation sites excluding steroid dienone is 3. The van der Waals surface area contributed by atoms with Gasteiger partial charge in [-0.3, -0.25) is 0 Å². The number of benzene rings is 1. The van der Waals surface area contributed by atoms with Crippen LogP contribution in [0.25, 0.3) is 0 Å². The molecule has 1 aromatic rings. The number of nitrogens with zero attached hydrogens (tertiary/aromatic N) is 1. The largest absolute Gasteiger partial charge is 0.502 e. The van der Waals surface area contributed by atoms with Crippen LogP contribution < -0.4 is 4.74 Å². The van der Waals surface area contributed by atoms with E-state index in [1.54, 1.807) is 7.11 Å². The molecule has 0 saturated carbocycles. The maximum atomic E-state index is 6.68. The molecule has 3 unspecified atom stereocenters. The maximum absolute atomic E-state index is 6.68. The van der Waals surface area contributed by atoms with E-state index in [1.807, 2.05) is 0 Å². The fourth-order valence-electron chi connectivity index (χ4n) is 5.15. The molecule has 0 amide bonds. The molecule has 4 rings (SSSR count). The van der Waals surface area contributed by atoms with Gasteiger partial charge in [0.05, 0.1) is 18.3 Å². The lowest BCUT2D eigenvalue weighted by Gasteiger charge is -2.36. The van der Waals surface area contributed by atoms with Gasteiger partial charge in [-0.15, -0.1) is 0 Å². The Kier molecular flexibility index (Phi) is 5.58. The zero-order valence-corrected chi connectivity index (χ0v) is 19.5. The van der Waals surface area contributed by atoms with Crippen LogP contribution in [0.2, 0.25) is 0 Å². The molecule has 1 aromatic carbocycles. The van der Waals surface area contributed by atoms with Gasteiger partial charge in [-0.25, -0.2) is 0 Å². The Hall–Kier alpha value is -1.68. The molecular weight excluding hydrogens is 426 g/mol. The van der Waals surface area contributed by atoms with E-state index in [4.69, 9.17) is 9.47 Å². The monoisotopic (exact) mass is 457 g/mol. The van der Waals surface area contributed by atoms with Gasteiger partial charge in [-0.05, 0) is 48.8 Å². The number of aryl methyl sites for hydroxylation is 1. The van der Waals surface area contributed by atoms with Crippen molar-refractivity contribution in [3.05, 3.63) is 64.0 Å². The molecule has 2 heterocycles. The topological polar surface area (TPSA) is 21.7 Å². The molecule has 4 heteroatoms. The van der Waals surface area contributed by atoms with Crippen molar-refractivity contribution in [1.29, 1.82) is 0 Å². The third-order valence-electron chi connectivity index (χ3n) is 6.97. The van der Waals surface area contributed by atoms with Crippen molar-refractivity contribution in [3.63, 3.8) is 0 Å². The minimum atomic E-state index is -0.0178. The molecule has 1 aliphatic carbocycles. The molecule has 0 bridgehead atoms. The van der Waals surface area contributed by atoms with Crippen molar-refractivity contribution in [2.24, 2.45) is 5.92 Å². The normalized spacial score (nSPS) is 27.0. The molecule has 2 aliphatic heterocycles. The molecule has 0 saturated heterocycles. The summed E-state index contributed by atoms with van der Waals surface area (Å²) in [7, 11) is 1.68. The quantitative estimate of drug-likeness (QED) is 0.371. The number of rotatable bonds is 6. The fourth-order valence-corrected chi connectivity index (χ4v) is 5.75. The third-order valence-corrected chi connectivity index (χ3v) is 7.68. The van der Waals surface area contributed by atoms with Gasteiger partial charge in [0, 0.05) is 35.2 Å². The molecule has 156 valence electrons. The summed E-state index contributed by atoms with van der Waals surface area (Å²) in [6.07, 6.45) is 9.92. The molecule has 1 spiro atoms. The molecule has 0 radical (unpaired) electrons. The molecule has 0 aromatic heterocycles. The van der Waals surface area contributed by atoms with E-state index in [-0.39, 0.29) is 11.5 Å². The summed E-state index contributed by atoms with van der Waals surface area (Å²) in [6.45, 7) is 14.7. The zero-order chi connectivity index (χ0) is 20.8. The number of ether oxygens (including phenoxy) is 2. The minimum Gasteiger partial charge on any atom is -0.502 e. The van der Waals surface area contributed by atoms with E-state index in [0.717, 1.165) is 62.4 Å². The Labute approximate surface area is 183 Å². The van der Waals surface area contributed by atoms with Crippen LogP contribution in [-0.2, 0) is 23.1 Å². The highest BCUT2D eigenvalue weighted by Crippen LogP contribution is 2.56. The van der Waals surface area contributed by atoms with Crippen LogP contribution in [-0.4, -0.2) is 24.7 Å². The van der Waals surface area contributed by atoms with Gasteiger partial charge in [0.25, 0.3) is 0 Å². The van der Waals surface area contributed by atoms with Crippen LogP contribution in [0.15, 0.2) is 47.3 Å². The first kappa shape index (κ1) is 20.6. The van der Waals surface area contributed by atoms with Gasteiger partial charge in [-0.1, -0.05) is 55.1 Å². The third kappa shape index (κ3) is 3.43.